The van der Waals surface area contributed by atoms with Crippen molar-refractivity contribution in [3.05, 3.63) is 35.9 Å². The Morgan fingerprint density at radius 1 is 1.18 bits per heavy atom. The molecule has 1 rings (SSSR count). The molecule has 22 heavy (non-hydrogen) atoms. The zero-order chi connectivity index (χ0) is 16.6. The molecular formula is C17H29N3O2. The maximum Gasteiger partial charge on any atom is 0.314 e. The smallest absolute Gasteiger partial charge is 0.314 e. The Hall–Kier alpha value is -1.59. The molecule has 0 bridgehead atoms. The standard InChI is InChI=1S/C17H29N3O2/c1-13(21)10-11-18-16(22)19-12-17(3,4)20-14(2)15-8-6-5-7-9-15/h5-9,13-14,20-21H,10-12H2,1-4H3,(H2,18,19,22). The van der Waals surface area contributed by atoms with Crippen molar-refractivity contribution in [3.63, 3.8) is 0 Å². The van der Waals surface area contributed by atoms with Crippen LogP contribution >= 0.6 is 0 Å². The molecule has 0 aliphatic carbocycles. The second-order valence-corrected chi connectivity index (χ2v) is 6.41. The van der Waals surface area contributed by atoms with Crippen LogP contribution in [0.25, 0.3) is 0 Å². The molecule has 0 aliphatic rings. The number of benzene rings is 1. The summed E-state index contributed by atoms with van der Waals surface area (Å²) in [5.41, 5.74) is 0.994. The van der Waals surface area contributed by atoms with E-state index in [1.807, 2.05) is 18.2 Å². The summed E-state index contributed by atoms with van der Waals surface area (Å²) >= 11 is 0. The third kappa shape index (κ3) is 7.43. The molecule has 5 heteroatoms. The second kappa shape index (κ2) is 8.76. The lowest BCUT2D eigenvalue weighted by atomic mass is 10.0. The zero-order valence-electron chi connectivity index (χ0n) is 14.0. The number of amides is 2. The molecule has 0 radical (unpaired) electrons. The number of nitrogens with one attached hydrogen (secondary N) is 3. The van der Waals surface area contributed by atoms with Gasteiger partial charge < -0.3 is 21.1 Å². The Balaban J connectivity index is 2.35. The van der Waals surface area contributed by atoms with Gasteiger partial charge in [0.15, 0.2) is 0 Å². The van der Waals surface area contributed by atoms with Crippen molar-refractivity contribution in [2.75, 3.05) is 13.1 Å². The van der Waals surface area contributed by atoms with Gasteiger partial charge in [0.1, 0.15) is 0 Å². The summed E-state index contributed by atoms with van der Waals surface area (Å²) in [6, 6.07) is 10.2. The highest BCUT2D eigenvalue weighted by atomic mass is 16.3. The molecule has 0 aromatic heterocycles. The first-order chi connectivity index (χ1) is 10.3. The van der Waals surface area contributed by atoms with Crippen molar-refractivity contribution >= 4 is 6.03 Å². The minimum Gasteiger partial charge on any atom is -0.393 e. The lowest BCUT2D eigenvalue weighted by Crippen LogP contribution is -2.51. The number of hydrogen-bond donors (Lipinski definition) is 4. The predicted octanol–water partition coefficient (Wildman–Crippen LogP) is 2.19. The topological polar surface area (TPSA) is 73.4 Å². The average molecular weight is 307 g/mol. The Labute approximate surface area is 133 Å². The highest BCUT2D eigenvalue weighted by Crippen LogP contribution is 2.15. The molecule has 0 fully saturated rings. The molecule has 2 unspecified atom stereocenters. The Morgan fingerprint density at radius 2 is 1.82 bits per heavy atom. The third-order valence-corrected chi connectivity index (χ3v) is 3.45. The van der Waals surface area contributed by atoms with Crippen molar-refractivity contribution in [2.45, 2.75) is 51.8 Å². The van der Waals surface area contributed by atoms with Crippen molar-refractivity contribution < 1.29 is 9.90 Å². The maximum atomic E-state index is 11.7. The molecule has 1 aromatic carbocycles. The first kappa shape index (κ1) is 18.5. The van der Waals surface area contributed by atoms with Gasteiger partial charge >= 0.3 is 6.03 Å². The first-order valence-corrected chi connectivity index (χ1v) is 7.82. The molecule has 2 amide bonds. The van der Waals surface area contributed by atoms with Gasteiger partial charge in [0, 0.05) is 24.7 Å². The fourth-order valence-electron chi connectivity index (χ4n) is 2.22. The average Bonchev–Trinajstić information content (AvgIpc) is 2.45. The molecule has 1 aromatic rings. The summed E-state index contributed by atoms with van der Waals surface area (Å²) in [6.07, 6.45) is 0.158. The fraction of sp³-hybridized carbons (Fsp3) is 0.588. The number of carbonyl (C=O) groups excluding carboxylic acids is 1. The second-order valence-electron chi connectivity index (χ2n) is 6.41. The van der Waals surface area contributed by atoms with Crippen LogP contribution in [0.4, 0.5) is 4.79 Å². The van der Waals surface area contributed by atoms with E-state index in [0.29, 0.717) is 19.5 Å². The van der Waals surface area contributed by atoms with Gasteiger partial charge in [-0.05, 0) is 39.7 Å². The molecule has 0 saturated carbocycles. The van der Waals surface area contributed by atoms with Crippen LogP contribution in [0.5, 0.6) is 0 Å². The summed E-state index contributed by atoms with van der Waals surface area (Å²) in [4.78, 5) is 11.7. The highest BCUT2D eigenvalue weighted by molar-refractivity contribution is 5.73. The molecule has 0 aliphatic heterocycles. The highest BCUT2D eigenvalue weighted by Gasteiger charge is 2.21. The number of aliphatic hydroxyl groups excluding tert-OH is 1. The van der Waals surface area contributed by atoms with Gasteiger partial charge in [-0.15, -0.1) is 0 Å². The van der Waals surface area contributed by atoms with E-state index >= 15 is 0 Å². The monoisotopic (exact) mass is 307 g/mol. The maximum absolute atomic E-state index is 11.7. The van der Waals surface area contributed by atoms with Gasteiger partial charge in [-0.25, -0.2) is 4.79 Å². The van der Waals surface area contributed by atoms with Gasteiger partial charge in [0.25, 0.3) is 0 Å². The van der Waals surface area contributed by atoms with Crippen molar-refractivity contribution in [1.29, 1.82) is 0 Å². The van der Waals surface area contributed by atoms with Crippen LogP contribution in [-0.4, -0.2) is 35.9 Å². The molecular weight excluding hydrogens is 278 g/mol. The van der Waals surface area contributed by atoms with Gasteiger partial charge in [0.2, 0.25) is 0 Å². The minimum absolute atomic E-state index is 0.205. The van der Waals surface area contributed by atoms with Gasteiger partial charge in [-0.3, -0.25) is 0 Å². The van der Waals surface area contributed by atoms with E-state index in [4.69, 9.17) is 5.11 Å². The lowest BCUT2D eigenvalue weighted by Gasteiger charge is -2.31. The Kier molecular flexibility index (Phi) is 7.35. The van der Waals surface area contributed by atoms with Crippen LogP contribution in [0, 0.1) is 0 Å². The number of rotatable bonds is 8. The molecule has 0 saturated heterocycles. The van der Waals surface area contributed by atoms with E-state index in [-0.39, 0.29) is 17.6 Å². The molecule has 5 nitrogen and oxygen atoms in total. The SMILES string of the molecule is CC(O)CCNC(=O)NCC(C)(C)NC(C)c1ccccc1. The molecule has 0 spiro atoms. The van der Waals surface area contributed by atoms with Crippen molar-refractivity contribution in [2.24, 2.45) is 0 Å². The van der Waals surface area contributed by atoms with E-state index in [1.54, 1.807) is 6.92 Å². The quantitative estimate of drug-likeness (QED) is 0.595. The largest absolute Gasteiger partial charge is 0.393 e. The van der Waals surface area contributed by atoms with Gasteiger partial charge in [-0.2, -0.15) is 0 Å². The Bertz CT molecular complexity index is 446. The number of urea groups is 1. The molecule has 2 atom stereocenters. The summed E-state index contributed by atoms with van der Waals surface area (Å²) < 4.78 is 0. The summed E-state index contributed by atoms with van der Waals surface area (Å²) in [5, 5.41) is 18.3. The number of aliphatic hydroxyl groups is 1. The van der Waals surface area contributed by atoms with E-state index < -0.39 is 6.10 Å². The van der Waals surface area contributed by atoms with Crippen LogP contribution in [0.2, 0.25) is 0 Å². The summed E-state index contributed by atoms with van der Waals surface area (Å²) in [7, 11) is 0. The molecule has 4 N–H and O–H groups in total. The van der Waals surface area contributed by atoms with Gasteiger partial charge in [0.05, 0.1) is 6.10 Å². The normalized spacial score (nSPS) is 14.2. The zero-order valence-corrected chi connectivity index (χ0v) is 14.0. The van der Waals surface area contributed by atoms with Crippen LogP contribution in [0.3, 0.4) is 0 Å². The third-order valence-electron chi connectivity index (χ3n) is 3.45. The number of hydrogen-bond acceptors (Lipinski definition) is 3. The summed E-state index contributed by atoms with van der Waals surface area (Å²) in [5.74, 6) is 0. The van der Waals surface area contributed by atoms with E-state index in [0.717, 1.165) is 0 Å². The van der Waals surface area contributed by atoms with Crippen molar-refractivity contribution in [3.8, 4) is 0 Å². The van der Waals surface area contributed by atoms with Gasteiger partial charge in [-0.1, -0.05) is 30.3 Å². The summed E-state index contributed by atoms with van der Waals surface area (Å²) in [6.45, 7) is 8.92. The van der Waals surface area contributed by atoms with E-state index in [2.05, 4.69) is 48.9 Å². The van der Waals surface area contributed by atoms with Crippen LogP contribution in [-0.2, 0) is 0 Å². The lowest BCUT2D eigenvalue weighted by molar-refractivity contribution is 0.183. The fourth-order valence-corrected chi connectivity index (χ4v) is 2.22. The minimum atomic E-state index is -0.398. The van der Waals surface area contributed by atoms with E-state index in [9.17, 15) is 4.79 Å². The predicted molar refractivity (Wildman–Crippen MR) is 89.8 cm³/mol. The first-order valence-electron chi connectivity index (χ1n) is 7.82. The van der Waals surface area contributed by atoms with Crippen LogP contribution in [0.15, 0.2) is 30.3 Å². The van der Waals surface area contributed by atoms with Crippen molar-refractivity contribution in [1.82, 2.24) is 16.0 Å². The van der Waals surface area contributed by atoms with Crippen LogP contribution in [0.1, 0.15) is 45.7 Å². The number of carbonyl (C=O) groups is 1. The Morgan fingerprint density at radius 3 is 2.41 bits per heavy atom. The molecule has 124 valence electrons. The van der Waals surface area contributed by atoms with Crippen LogP contribution < -0.4 is 16.0 Å². The van der Waals surface area contributed by atoms with E-state index in [1.165, 1.54) is 5.56 Å². The molecule has 0 heterocycles.